The summed E-state index contributed by atoms with van der Waals surface area (Å²) in [4.78, 5) is 4.97. The molecule has 3 nitrogen and oxygen atoms in total. The van der Waals surface area contributed by atoms with Crippen LogP contribution in [0.15, 0.2) is 0 Å². The van der Waals surface area contributed by atoms with E-state index < -0.39 is 0 Å². The minimum atomic E-state index is 0.174. The molecule has 1 aliphatic rings. The summed E-state index contributed by atoms with van der Waals surface area (Å²) in [6, 6.07) is 0.674. The number of likely N-dealkylation sites (N-methyl/N-ethyl adjacent to an activating group) is 1. The highest BCUT2D eigenvalue weighted by molar-refractivity contribution is 4.97. The number of nitrogens with two attached hydrogens (primary N) is 1. The third kappa shape index (κ3) is 3.43. The van der Waals surface area contributed by atoms with E-state index in [1.54, 1.807) is 0 Å². The molecule has 0 radical (unpaired) electrons. The predicted molar refractivity (Wildman–Crippen MR) is 75.1 cm³/mol. The first-order valence-electron chi connectivity index (χ1n) is 6.91. The SMILES string of the molecule is CC(C)CC(C)(CN)N1CC(C)C(N(C)C)C1. The van der Waals surface area contributed by atoms with E-state index in [0.717, 1.165) is 19.0 Å². The van der Waals surface area contributed by atoms with Gasteiger partial charge in [-0.05, 0) is 39.3 Å². The third-order valence-electron chi connectivity index (χ3n) is 4.29. The molecule has 2 N–H and O–H groups in total. The fraction of sp³-hybridized carbons (Fsp3) is 1.00. The Kier molecular flexibility index (Phi) is 4.99. The number of rotatable bonds is 5. The van der Waals surface area contributed by atoms with Gasteiger partial charge in [0, 0.05) is 31.2 Å². The maximum atomic E-state index is 6.05. The lowest BCUT2D eigenvalue weighted by molar-refractivity contribution is 0.107. The van der Waals surface area contributed by atoms with Crippen molar-refractivity contribution >= 4 is 0 Å². The molecule has 0 aromatic heterocycles. The first kappa shape index (κ1) is 14.9. The summed E-state index contributed by atoms with van der Waals surface area (Å²) in [5.41, 5.74) is 6.22. The van der Waals surface area contributed by atoms with Gasteiger partial charge in [-0.2, -0.15) is 0 Å². The molecule has 0 aliphatic carbocycles. The lowest BCUT2D eigenvalue weighted by Gasteiger charge is -2.40. The van der Waals surface area contributed by atoms with E-state index in [9.17, 15) is 0 Å². The topological polar surface area (TPSA) is 32.5 Å². The molecule has 1 rings (SSSR count). The van der Waals surface area contributed by atoms with Crippen LogP contribution in [0, 0.1) is 11.8 Å². The van der Waals surface area contributed by atoms with Crippen molar-refractivity contribution in [1.82, 2.24) is 9.80 Å². The molecule has 1 heterocycles. The first-order valence-corrected chi connectivity index (χ1v) is 6.91. The van der Waals surface area contributed by atoms with Crippen molar-refractivity contribution in [2.75, 3.05) is 33.7 Å². The minimum Gasteiger partial charge on any atom is -0.329 e. The third-order valence-corrected chi connectivity index (χ3v) is 4.29. The summed E-state index contributed by atoms with van der Waals surface area (Å²) in [7, 11) is 4.37. The van der Waals surface area contributed by atoms with E-state index in [1.807, 2.05) is 0 Å². The maximum Gasteiger partial charge on any atom is 0.0306 e. The van der Waals surface area contributed by atoms with Gasteiger partial charge < -0.3 is 10.6 Å². The highest BCUT2D eigenvalue weighted by Gasteiger charge is 2.40. The second-order valence-electron chi connectivity index (χ2n) is 6.71. The molecule has 1 aliphatic heterocycles. The second-order valence-corrected chi connectivity index (χ2v) is 6.71. The molecular formula is C14H31N3. The largest absolute Gasteiger partial charge is 0.329 e. The van der Waals surface area contributed by atoms with Crippen molar-refractivity contribution in [3.8, 4) is 0 Å². The van der Waals surface area contributed by atoms with Gasteiger partial charge in [0.25, 0.3) is 0 Å². The molecule has 0 aromatic carbocycles. The zero-order chi connectivity index (χ0) is 13.2. The minimum absolute atomic E-state index is 0.174. The first-order chi connectivity index (χ1) is 7.80. The highest BCUT2D eigenvalue weighted by atomic mass is 15.3. The number of hydrogen-bond donors (Lipinski definition) is 1. The highest BCUT2D eigenvalue weighted by Crippen LogP contribution is 2.30. The molecule has 3 heteroatoms. The van der Waals surface area contributed by atoms with Crippen molar-refractivity contribution in [2.45, 2.75) is 45.7 Å². The maximum absolute atomic E-state index is 6.05. The van der Waals surface area contributed by atoms with Crippen LogP contribution in [0.5, 0.6) is 0 Å². The Balaban J connectivity index is 2.72. The van der Waals surface area contributed by atoms with E-state index in [0.29, 0.717) is 12.0 Å². The molecule has 0 aromatic rings. The molecule has 0 saturated carbocycles. The van der Waals surface area contributed by atoms with Gasteiger partial charge in [0.1, 0.15) is 0 Å². The molecule has 1 saturated heterocycles. The van der Waals surface area contributed by atoms with Crippen molar-refractivity contribution in [3.63, 3.8) is 0 Å². The molecule has 102 valence electrons. The molecule has 0 bridgehead atoms. The van der Waals surface area contributed by atoms with Gasteiger partial charge >= 0.3 is 0 Å². The number of nitrogens with zero attached hydrogens (tertiary/aromatic N) is 2. The molecule has 1 fully saturated rings. The summed E-state index contributed by atoms with van der Waals surface area (Å²) >= 11 is 0. The van der Waals surface area contributed by atoms with Crippen LogP contribution >= 0.6 is 0 Å². The van der Waals surface area contributed by atoms with Crippen molar-refractivity contribution in [1.29, 1.82) is 0 Å². The zero-order valence-corrected chi connectivity index (χ0v) is 12.5. The standard InChI is InChI=1S/C14H31N3/c1-11(2)7-14(4,10-15)17-8-12(3)13(9-17)16(5)6/h11-13H,7-10,15H2,1-6H3. The van der Waals surface area contributed by atoms with Crippen molar-refractivity contribution < 1.29 is 0 Å². The van der Waals surface area contributed by atoms with Gasteiger partial charge in [0.15, 0.2) is 0 Å². The van der Waals surface area contributed by atoms with Crippen LogP contribution in [0.4, 0.5) is 0 Å². The van der Waals surface area contributed by atoms with Gasteiger partial charge in [-0.3, -0.25) is 4.90 Å². The smallest absolute Gasteiger partial charge is 0.0306 e. The van der Waals surface area contributed by atoms with E-state index in [4.69, 9.17) is 5.73 Å². The Labute approximate surface area is 107 Å². The van der Waals surface area contributed by atoms with Crippen LogP contribution < -0.4 is 5.73 Å². The Morgan fingerprint density at radius 3 is 2.29 bits per heavy atom. The number of likely N-dealkylation sites (tertiary alicyclic amines) is 1. The van der Waals surface area contributed by atoms with Crippen LogP contribution in [-0.4, -0.2) is 55.1 Å². The van der Waals surface area contributed by atoms with Crippen LogP contribution in [0.2, 0.25) is 0 Å². The Hall–Kier alpha value is -0.120. The summed E-state index contributed by atoms with van der Waals surface area (Å²) in [6.07, 6.45) is 1.19. The molecule has 3 atom stereocenters. The van der Waals surface area contributed by atoms with E-state index >= 15 is 0 Å². The van der Waals surface area contributed by atoms with E-state index in [2.05, 4.69) is 51.6 Å². The lowest BCUT2D eigenvalue weighted by Crippen LogP contribution is -2.52. The van der Waals surface area contributed by atoms with Crippen molar-refractivity contribution in [2.24, 2.45) is 17.6 Å². The van der Waals surface area contributed by atoms with E-state index in [-0.39, 0.29) is 5.54 Å². The number of hydrogen-bond acceptors (Lipinski definition) is 3. The lowest BCUT2D eigenvalue weighted by atomic mass is 9.89. The van der Waals surface area contributed by atoms with Gasteiger partial charge in [0.05, 0.1) is 0 Å². The monoisotopic (exact) mass is 241 g/mol. The quantitative estimate of drug-likeness (QED) is 0.794. The van der Waals surface area contributed by atoms with Gasteiger partial charge in [0.2, 0.25) is 0 Å². The molecule has 3 unspecified atom stereocenters. The fourth-order valence-electron chi connectivity index (χ4n) is 3.28. The van der Waals surface area contributed by atoms with Gasteiger partial charge in [-0.25, -0.2) is 0 Å². The predicted octanol–water partition coefficient (Wildman–Crippen LogP) is 1.63. The summed E-state index contributed by atoms with van der Waals surface area (Å²) in [5.74, 6) is 1.44. The van der Waals surface area contributed by atoms with Crippen LogP contribution in [-0.2, 0) is 0 Å². The fourth-order valence-corrected chi connectivity index (χ4v) is 3.28. The van der Waals surface area contributed by atoms with Crippen molar-refractivity contribution in [3.05, 3.63) is 0 Å². The molecule has 17 heavy (non-hydrogen) atoms. The molecular weight excluding hydrogens is 210 g/mol. The second kappa shape index (κ2) is 5.68. The zero-order valence-electron chi connectivity index (χ0n) is 12.5. The summed E-state index contributed by atoms with van der Waals surface area (Å²) < 4.78 is 0. The Morgan fingerprint density at radius 2 is 1.94 bits per heavy atom. The van der Waals surface area contributed by atoms with Crippen LogP contribution in [0.1, 0.15) is 34.1 Å². The summed E-state index contributed by atoms with van der Waals surface area (Å²) in [5, 5.41) is 0. The molecule has 0 amide bonds. The Bertz CT molecular complexity index is 240. The molecule has 0 spiro atoms. The van der Waals surface area contributed by atoms with Crippen LogP contribution in [0.3, 0.4) is 0 Å². The van der Waals surface area contributed by atoms with Gasteiger partial charge in [-0.1, -0.05) is 20.8 Å². The van der Waals surface area contributed by atoms with Crippen LogP contribution in [0.25, 0.3) is 0 Å². The Morgan fingerprint density at radius 1 is 1.35 bits per heavy atom. The van der Waals surface area contributed by atoms with Gasteiger partial charge in [-0.15, -0.1) is 0 Å². The van der Waals surface area contributed by atoms with E-state index in [1.165, 1.54) is 13.0 Å². The summed E-state index contributed by atoms with van der Waals surface area (Å²) in [6.45, 7) is 12.4. The average molecular weight is 241 g/mol. The normalized spacial score (nSPS) is 30.2. The average Bonchev–Trinajstić information content (AvgIpc) is 2.59.